The molecule has 1 aliphatic rings. The molecule has 1 fully saturated rings. The van der Waals surface area contributed by atoms with E-state index in [4.69, 9.17) is 11.6 Å². The topological polar surface area (TPSA) is 15.3 Å². The zero-order chi connectivity index (χ0) is 10.8. The van der Waals surface area contributed by atoms with Crippen molar-refractivity contribution in [3.8, 4) is 0 Å². The number of benzene rings is 1. The van der Waals surface area contributed by atoms with Gasteiger partial charge in [-0.05, 0) is 24.7 Å². The summed E-state index contributed by atoms with van der Waals surface area (Å²) >= 11 is 5.72. The van der Waals surface area contributed by atoms with Gasteiger partial charge in [-0.15, -0.1) is 12.4 Å². The maximum atomic E-state index is 12.9. The van der Waals surface area contributed by atoms with Crippen molar-refractivity contribution in [2.45, 2.75) is 12.6 Å². The van der Waals surface area contributed by atoms with Crippen LogP contribution in [-0.2, 0) is 6.54 Å². The van der Waals surface area contributed by atoms with Gasteiger partial charge in [0.2, 0.25) is 0 Å². The maximum absolute atomic E-state index is 12.9. The zero-order valence-corrected chi connectivity index (χ0v) is 10.6. The van der Waals surface area contributed by atoms with Gasteiger partial charge in [0.25, 0.3) is 0 Å². The lowest BCUT2D eigenvalue weighted by molar-refractivity contribution is 0.173. The zero-order valence-electron chi connectivity index (χ0n) is 9.04. The monoisotopic (exact) mass is 264 g/mol. The predicted molar refractivity (Wildman–Crippen MR) is 66.8 cm³/mol. The Bertz CT molecular complexity index is 356. The van der Waals surface area contributed by atoms with Gasteiger partial charge in [0, 0.05) is 25.7 Å². The van der Waals surface area contributed by atoms with E-state index in [1.807, 2.05) is 0 Å². The molecule has 0 spiro atoms. The molecule has 1 aromatic rings. The normalized spacial score (nSPS) is 15.8. The molecule has 0 aromatic heterocycles. The van der Waals surface area contributed by atoms with Gasteiger partial charge >= 0.3 is 0 Å². The lowest BCUT2D eigenvalue weighted by Gasteiger charge is -2.35. The highest BCUT2D eigenvalue weighted by Crippen LogP contribution is 2.17. The molecule has 1 aromatic carbocycles. The third-order valence-corrected chi connectivity index (χ3v) is 3.09. The third kappa shape index (κ3) is 3.08. The second kappa shape index (κ2) is 5.82. The number of hydrogen-bond donors (Lipinski definition) is 1. The maximum Gasteiger partial charge on any atom is 0.141 e. The molecule has 1 N–H and O–H groups in total. The minimum absolute atomic E-state index is 0. The van der Waals surface area contributed by atoms with Crippen molar-refractivity contribution < 1.29 is 4.39 Å². The molecule has 0 saturated carbocycles. The van der Waals surface area contributed by atoms with Gasteiger partial charge in [-0.2, -0.15) is 0 Å². The smallest absolute Gasteiger partial charge is 0.141 e. The van der Waals surface area contributed by atoms with Crippen LogP contribution < -0.4 is 5.32 Å². The summed E-state index contributed by atoms with van der Waals surface area (Å²) in [6, 6.07) is 5.49. The predicted octanol–water partition coefficient (Wildman–Crippen LogP) is 2.30. The fourth-order valence-electron chi connectivity index (χ4n) is 1.64. The van der Waals surface area contributed by atoms with E-state index in [1.54, 1.807) is 12.1 Å². The van der Waals surface area contributed by atoms with Gasteiger partial charge in [0.1, 0.15) is 5.82 Å². The van der Waals surface area contributed by atoms with E-state index in [0.717, 1.165) is 25.2 Å². The van der Waals surface area contributed by atoms with Crippen molar-refractivity contribution in [2.24, 2.45) is 0 Å². The molecule has 90 valence electrons. The van der Waals surface area contributed by atoms with E-state index in [2.05, 4.69) is 17.3 Å². The molecular weight excluding hydrogens is 250 g/mol. The Morgan fingerprint density at radius 1 is 1.50 bits per heavy atom. The first-order chi connectivity index (χ1) is 7.16. The van der Waals surface area contributed by atoms with Gasteiger partial charge in [0.15, 0.2) is 0 Å². The molecule has 0 aliphatic carbocycles. The first kappa shape index (κ1) is 13.7. The fraction of sp³-hybridized carbons (Fsp3) is 0.455. The van der Waals surface area contributed by atoms with Crippen LogP contribution in [-0.4, -0.2) is 31.1 Å². The molecular formula is C11H15Cl2FN2. The quantitative estimate of drug-likeness (QED) is 0.902. The summed E-state index contributed by atoms with van der Waals surface area (Å²) in [6.45, 7) is 2.88. The third-order valence-electron chi connectivity index (χ3n) is 2.80. The van der Waals surface area contributed by atoms with E-state index in [0.29, 0.717) is 6.04 Å². The number of nitrogens with one attached hydrogen (secondary N) is 1. The fourth-order valence-corrected chi connectivity index (χ4v) is 1.84. The van der Waals surface area contributed by atoms with E-state index in [-0.39, 0.29) is 23.2 Å². The van der Waals surface area contributed by atoms with Crippen LogP contribution in [0.2, 0.25) is 5.02 Å². The average Bonchev–Trinajstić information content (AvgIpc) is 2.08. The number of hydrogen-bond acceptors (Lipinski definition) is 2. The second-order valence-corrected chi connectivity index (χ2v) is 4.38. The first-order valence-corrected chi connectivity index (χ1v) is 5.39. The van der Waals surface area contributed by atoms with Gasteiger partial charge < -0.3 is 5.32 Å². The van der Waals surface area contributed by atoms with E-state index in [9.17, 15) is 4.39 Å². The van der Waals surface area contributed by atoms with Crippen molar-refractivity contribution in [3.63, 3.8) is 0 Å². The van der Waals surface area contributed by atoms with E-state index < -0.39 is 0 Å². The highest BCUT2D eigenvalue weighted by molar-refractivity contribution is 6.30. The largest absolute Gasteiger partial charge is 0.314 e. The standard InChI is InChI=1S/C11H14ClFN2.ClH/c1-15(9-5-14-6-9)7-8-2-3-11(13)10(12)4-8;/h2-4,9,14H,5-7H2,1H3;1H. The summed E-state index contributed by atoms with van der Waals surface area (Å²) in [5.74, 6) is -0.353. The molecule has 0 unspecified atom stereocenters. The Morgan fingerprint density at radius 3 is 2.69 bits per heavy atom. The molecule has 16 heavy (non-hydrogen) atoms. The van der Waals surface area contributed by atoms with E-state index in [1.165, 1.54) is 6.07 Å². The van der Waals surface area contributed by atoms with Crippen molar-refractivity contribution in [3.05, 3.63) is 34.6 Å². The molecule has 1 saturated heterocycles. The number of halogens is 3. The summed E-state index contributed by atoms with van der Waals surface area (Å²) < 4.78 is 12.9. The summed E-state index contributed by atoms with van der Waals surface area (Å²) in [5, 5.41) is 3.42. The lowest BCUT2D eigenvalue weighted by atomic mass is 10.1. The first-order valence-electron chi connectivity index (χ1n) is 5.01. The van der Waals surface area contributed by atoms with Crippen molar-refractivity contribution in [2.75, 3.05) is 20.1 Å². The Kier molecular flexibility index (Phi) is 4.99. The molecule has 1 heterocycles. The number of nitrogens with zero attached hydrogens (tertiary/aromatic N) is 1. The highest BCUT2D eigenvalue weighted by atomic mass is 35.5. The molecule has 2 nitrogen and oxygen atoms in total. The summed E-state index contributed by atoms with van der Waals surface area (Å²) in [5.41, 5.74) is 1.05. The molecule has 5 heteroatoms. The Labute approximate surface area is 106 Å². The van der Waals surface area contributed by atoms with Crippen LogP contribution in [0.25, 0.3) is 0 Å². The molecule has 0 radical (unpaired) electrons. The summed E-state index contributed by atoms with van der Waals surface area (Å²) in [6.07, 6.45) is 0. The van der Waals surface area contributed by atoms with Gasteiger partial charge in [0.05, 0.1) is 5.02 Å². The molecule has 0 atom stereocenters. The van der Waals surface area contributed by atoms with Crippen molar-refractivity contribution in [1.29, 1.82) is 0 Å². The van der Waals surface area contributed by atoms with Crippen molar-refractivity contribution >= 4 is 24.0 Å². The Hall–Kier alpha value is -0.350. The van der Waals surface area contributed by atoms with Gasteiger partial charge in [-0.25, -0.2) is 4.39 Å². The van der Waals surface area contributed by atoms with Crippen molar-refractivity contribution in [1.82, 2.24) is 10.2 Å². The molecule has 2 rings (SSSR count). The van der Waals surface area contributed by atoms with Gasteiger partial charge in [-0.1, -0.05) is 17.7 Å². The van der Waals surface area contributed by atoms with Gasteiger partial charge in [-0.3, -0.25) is 4.90 Å². The van der Waals surface area contributed by atoms with E-state index >= 15 is 0 Å². The molecule has 0 bridgehead atoms. The van der Waals surface area contributed by atoms with Crippen LogP contribution in [0, 0.1) is 5.82 Å². The lowest BCUT2D eigenvalue weighted by Crippen LogP contribution is -2.55. The number of likely N-dealkylation sites (N-methyl/N-ethyl adjacent to an activating group) is 1. The number of rotatable bonds is 3. The summed E-state index contributed by atoms with van der Waals surface area (Å²) in [4.78, 5) is 2.25. The minimum atomic E-state index is -0.353. The van der Waals surface area contributed by atoms with Crippen LogP contribution in [0.1, 0.15) is 5.56 Å². The van der Waals surface area contributed by atoms with Crippen LogP contribution in [0.15, 0.2) is 18.2 Å². The molecule has 0 amide bonds. The highest BCUT2D eigenvalue weighted by Gasteiger charge is 2.21. The van der Waals surface area contributed by atoms with Crippen LogP contribution in [0.4, 0.5) is 4.39 Å². The summed E-state index contributed by atoms with van der Waals surface area (Å²) in [7, 11) is 2.07. The van der Waals surface area contributed by atoms with Crippen LogP contribution in [0.3, 0.4) is 0 Å². The van der Waals surface area contributed by atoms with Crippen LogP contribution >= 0.6 is 24.0 Å². The minimum Gasteiger partial charge on any atom is -0.314 e. The average molecular weight is 265 g/mol. The Balaban J connectivity index is 0.00000128. The second-order valence-electron chi connectivity index (χ2n) is 3.98. The Morgan fingerprint density at radius 2 is 2.19 bits per heavy atom. The molecule has 1 aliphatic heterocycles. The SMILES string of the molecule is CN(Cc1ccc(F)c(Cl)c1)C1CNC1.Cl. The van der Waals surface area contributed by atoms with Crippen LogP contribution in [0.5, 0.6) is 0 Å².